The van der Waals surface area contributed by atoms with Crippen molar-refractivity contribution in [2.24, 2.45) is 0 Å². The van der Waals surface area contributed by atoms with Gasteiger partial charge in [-0.3, -0.25) is 0 Å². The van der Waals surface area contributed by atoms with E-state index in [2.05, 4.69) is 0 Å². The van der Waals surface area contributed by atoms with E-state index in [0.29, 0.717) is 24.8 Å². The molecule has 1 aromatic rings. The summed E-state index contributed by atoms with van der Waals surface area (Å²) in [5, 5.41) is 9.58. The average molecular weight is 198 g/mol. The highest BCUT2D eigenvalue weighted by Crippen LogP contribution is 2.34. The Bertz CT molecular complexity index is 374. The van der Waals surface area contributed by atoms with Crippen molar-refractivity contribution < 1.29 is 13.9 Å². The molecular formula is C11H12F2O. The predicted octanol–water partition coefficient (Wildman–Crippen LogP) is 2.64. The molecule has 76 valence electrons. The van der Waals surface area contributed by atoms with E-state index >= 15 is 0 Å². The zero-order chi connectivity index (χ0) is 10.3. The van der Waals surface area contributed by atoms with Gasteiger partial charge in [-0.15, -0.1) is 0 Å². The van der Waals surface area contributed by atoms with Crippen LogP contribution in [0.1, 0.15) is 35.6 Å². The van der Waals surface area contributed by atoms with Gasteiger partial charge in [0.15, 0.2) is 0 Å². The summed E-state index contributed by atoms with van der Waals surface area (Å²) >= 11 is 0. The first kappa shape index (κ1) is 9.59. The molecule has 1 aliphatic carbocycles. The fourth-order valence-corrected chi connectivity index (χ4v) is 2.03. The average Bonchev–Trinajstić information content (AvgIpc) is 2.14. The van der Waals surface area contributed by atoms with E-state index in [1.165, 1.54) is 13.0 Å². The number of rotatable bonds is 0. The van der Waals surface area contributed by atoms with Gasteiger partial charge in [0.05, 0.1) is 6.10 Å². The van der Waals surface area contributed by atoms with E-state index in [-0.39, 0.29) is 11.1 Å². The van der Waals surface area contributed by atoms with Gasteiger partial charge in [-0.2, -0.15) is 0 Å². The molecular weight excluding hydrogens is 186 g/mol. The predicted molar refractivity (Wildman–Crippen MR) is 49.0 cm³/mol. The molecule has 1 aromatic carbocycles. The van der Waals surface area contributed by atoms with Crippen molar-refractivity contribution >= 4 is 0 Å². The highest BCUT2D eigenvalue weighted by molar-refractivity contribution is 5.37. The van der Waals surface area contributed by atoms with Crippen LogP contribution in [-0.2, 0) is 6.42 Å². The Morgan fingerprint density at radius 1 is 1.43 bits per heavy atom. The SMILES string of the molecule is Cc1cc(F)c2c(c1F)[C@@H](O)CCC2. The molecule has 0 aliphatic heterocycles. The summed E-state index contributed by atoms with van der Waals surface area (Å²) in [7, 11) is 0. The molecule has 0 amide bonds. The summed E-state index contributed by atoms with van der Waals surface area (Å²) in [5.74, 6) is -0.841. The van der Waals surface area contributed by atoms with Crippen molar-refractivity contribution in [3.05, 3.63) is 34.4 Å². The van der Waals surface area contributed by atoms with Crippen molar-refractivity contribution in [2.75, 3.05) is 0 Å². The van der Waals surface area contributed by atoms with Crippen LogP contribution >= 0.6 is 0 Å². The third kappa shape index (κ3) is 1.32. The summed E-state index contributed by atoms with van der Waals surface area (Å²) in [6.07, 6.45) is 0.920. The summed E-state index contributed by atoms with van der Waals surface area (Å²) in [6, 6.07) is 1.20. The van der Waals surface area contributed by atoms with Crippen molar-refractivity contribution in [1.29, 1.82) is 0 Å². The van der Waals surface area contributed by atoms with Gasteiger partial charge >= 0.3 is 0 Å². The molecule has 0 aromatic heterocycles. The van der Waals surface area contributed by atoms with E-state index in [4.69, 9.17) is 0 Å². The van der Waals surface area contributed by atoms with E-state index in [0.717, 1.165) is 0 Å². The molecule has 3 heteroatoms. The minimum atomic E-state index is -0.840. The minimum absolute atomic E-state index is 0.175. The Morgan fingerprint density at radius 3 is 2.86 bits per heavy atom. The molecule has 1 N–H and O–H groups in total. The fourth-order valence-electron chi connectivity index (χ4n) is 2.03. The summed E-state index contributed by atoms with van der Waals surface area (Å²) in [6.45, 7) is 1.51. The molecule has 2 rings (SSSR count). The summed E-state index contributed by atoms with van der Waals surface area (Å²) < 4.78 is 27.0. The van der Waals surface area contributed by atoms with Crippen LogP contribution in [0, 0.1) is 18.6 Å². The Morgan fingerprint density at radius 2 is 2.14 bits per heavy atom. The monoisotopic (exact) mass is 198 g/mol. The van der Waals surface area contributed by atoms with Crippen LogP contribution in [-0.4, -0.2) is 5.11 Å². The van der Waals surface area contributed by atoms with Gasteiger partial charge in [-0.05, 0) is 43.4 Å². The lowest BCUT2D eigenvalue weighted by molar-refractivity contribution is 0.150. The maximum absolute atomic E-state index is 13.6. The molecule has 0 unspecified atom stereocenters. The fraction of sp³-hybridized carbons (Fsp3) is 0.455. The van der Waals surface area contributed by atoms with E-state index < -0.39 is 17.7 Å². The Kier molecular flexibility index (Phi) is 2.27. The van der Waals surface area contributed by atoms with E-state index in [9.17, 15) is 13.9 Å². The molecule has 14 heavy (non-hydrogen) atoms. The quantitative estimate of drug-likeness (QED) is 0.679. The van der Waals surface area contributed by atoms with Crippen molar-refractivity contribution in [2.45, 2.75) is 32.3 Å². The second-order valence-electron chi connectivity index (χ2n) is 3.79. The normalized spacial score (nSPS) is 20.7. The van der Waals surface area contributed by atoms with Gasteiger partial charge in [-0.1, -0.05) is 0 Å². The number of aliphatic hydroxyl groups excluding tert-OH is 1. The first-order valence-electron chi connectivity index (χ1n) is 4.76. The van der Waals surface area contributed by atoms with Crippen molar-refractivity contribution in [3.8, 4) is 0 Å². The molecule has 0 fully saturated rings. The van der Waals surface area contributed by atoms with Crippen LogP contribution in [0.2, 0.25) is 0 Å². The second kappa shape index (κ2) is 3.31. The van der Waals surface area contributed by atoms with Crippen LogP contribution in [0.5, 0.6) is 0 Å². The van der Waals surface area contributed by atoms with Gasteiger partial charge in [-0.25, -0.2) is 8.78 Å². The van der Waals surface area contributed by atoms with Crippen molar-refractivity contribution in [1.82, 2.24) is 0 Å². The van der Waals surface area contributed by atoms with Gasteiger partial charge in [0, 0.05) is 5.56 Å². The number of aryl methyl sites for hydroxylation is 1. The van der Waals surface area contributed by atoms with Crippen LogP contribution < -0.4 is 0 Å². The molecule has 1 aliphatic rings. The maximum atomic E-state index is 13.6. The largest absolute Gasteiger partial charge is 0.388 e. The minimum Gasteiger partial charge on any atom is -0.388 e. The van der Waals surface area contributed by atoms with Crippen molar-refractivity contribution in [3.63, 3.8) is 0 Å². The third-order valence-corrected chi connectivity index (χ3v) is 2.78. The molecule has 1 atom stereocenters. The number of halogens is 2. The molecule has 0 saturated carbocycles. The zero-order valence-electron chi connectivity index (χ0n) is 7.98. The van der Waals surface area contributed by atoms with E-state index in [1.807, 2.05) is 0 Å². The molecule has 0 heterocycles. The second-order valence-corrected chi connectivity index (χ2v) is 3.79. The number of hydrogen-bond acceptors (Lipinski definition) is 1. The lowest BCUT2D eigenvalue weighted by atomic mass is 9.87. The molecule has 1 nitrogen and oxygen atoms in total. The van der Waals surface area contributed by atoms with Crippen LogP contribution in [0.4, 0.5) is 8.78 Å². The lowest BCUT2D eigenvalue weighted by Crippen LogP contribution is -2.14. The van der Waals surface area contributed by atoms with E-state index in [1.54, 1.807) is 0 Å². The molecule has 0 spiro atoms. The van der Waals surface area contributed by atoms with Crippen LogP contribution in [0.25, 0.3) is 0 Å². The number of benzene rings is 1. The van der Waals surface area contributed by atoms with Gasteiger partial charge < -0.3 is 5.11 Å². The first-order chi connectivity index (χ1) is 6.61. The highest BCUT2D eigenvalue weighted by Gasteiger charge is 2.25. The van der Waals surface area contributed by atoms with Crippen LogP contribution in [0.3, 0.4) is 0 Å². The lowest BCUT2D eigenvalue weighted by Gasteiger charge is -2.23. The number of fused-ring (bicyclic) bond motifs is 1. The Labute approximate surface area is 81.4 Å². The zero-order valence-corrected chi connectivity index (χ0v) is 7.98. The van der Waals surface area contributed by atoms with Crippen LogP contribution in [0.15, 0.2) is 6.07 Å². The highest BCUT2D eigenvalue weighted by atomic mass is 19.1. The topological polar surface area (TPSA) is 20.2 Å². The molecule has 0 bridgehead atoms. The molecule has 0 radical (unpaired) electrons. The first-order valence-corrected chi connectivity index (χ1v) is 4.76. The van der Waals surface area contributed by atoms with Gasteiger partial charge in [0.25, 0.3) is 0 Å². The number of aliphatic hydroxyl groups is 1. The molecule has 0 saturated heterocycles. The Balaban J connectivity index is 2.67. The maximum Gasteiger partial charge on any atom is 0.132 e. The Hall–Kier alpha value is -0.960. The summed E-state index contributed by atoms with van der Waals surface area (Å²) in [4.78, 5) is 0. The van der Waals surface area contributed by atoms with Gasteiger partial charge in [0.2, 0.25) is 0 Å². The third-order valence-electron chi connectivity index (χ3n) is 2.78. The number of hydrogen-bond donors (Lipinski definition) is 1. The van der Waals surface area contributed by atoms with Gasteiger partial charge in [0.1, 0.15) is 11.6 Å². The summed E-state index contributed by atoms with van der Waals surface area (Å²) in [5.41, 5.74) is 0.794. The standard InChI is InChI=1S/C11H12F2O/c1-6-5-8(12)7-3-2-4-9(14)10(7)11(6)13/h5,9,14H,2-4H2,1H3/t9-/m0/s1. The smallest absolute Gasteiger partial charge is 0.132 e.